The second kappa shape index (κ2) is 9.39. The summed E-state index contributed by atoms with van der Waals surface area (Å²) in [6.45, 7) is 9.15. The number of methoxy groups -OCH3 is 1. The first-order chi connectivity index (χ1) is 18.6. The molecule has 2 atom stereocenters. The fraction of sp³-hybridized carbons (Fsp3) is 0.467. The smallest absolute Gasteiger partial charge is 0.410 e. The molecule has 1 amide bonds. The molecule has 0 N–H and O–H groups in total. The van der Waals surface area contributed by atoms with Crippen LogP contribution in [0.3, 0.4) is 0 Å². The van der Waals surface area contributed by atoms with Gasteiger partial charge in [0, 0.05) is 43.5 Å². The SMILES string of the molecule is COc1cc2c(nc1-c1cccc3c1CCC3C)c(-c1cnn([C@H]3CCN(C(=O)OC(C)(C)C)C3)c1)nn2C. The molecular formula is C30H36N6O3. The van der Waals surface area contributed by atoms with Crippen LogP contribution in [0, 0.1) is 0 Å². The number of rotatable bonds is 4. The van der Waals surface area contributed by atoms with E-state index in [0.29, 0.717) is 19.0 Å². The van der Waals surface area contributed by atoms with Crippen LogP contribution in [0.25, 0.3) is 33.5 Å². The van der Waals surface area contributed by atoms with Crippen molar-refractivity contribution in [1.82, 2.24) is 29.4 Å². The number of aryl methyl sites for hydroxylation is 1. The largest absolute Gasteiger partial charge is 0.494 e. The minimum Gasteiger partial charge on any atom is -0.494 e. The third-order valence-corrected chi connectivity index (χ3v) is 7.90. The number of aromatic nitrogens is 5. The van der Waals surface area contributed by atoms with Gasteiger partial charge < -0.3 is 14.4 Å². The third kappa shape index (κ3) is 4.53. The lowest BCUT2D eigenvalue weighted by Gasteiger charge is -2.24. The molecule has 1 aliphatic heterocycles. The number of hydrogen-bond donors (Lipinski definition) is 0. The molecule has 0 radical (unpaired) electrons. The molecule has 1 saturated heterocycles. The minimum absolute atomic E-state index is 0.0822. The molecule has 2 aliphatic rings. The van der Waals surface area contributed by atoms with Crippen LogP contribution in [-0.4, -0.2) is 61.3 Å². The van der Waals surface area contributed by atoms with Gasteiger partial charge in [0.05, 0.1) is 24.9 Å². The van der Waals surface area contributed by atoms with Gasteiger partial charge in [-0.1, -0.05) is 25.1 Å². The number of benzene rings is 1. The van der Waals surface area contributed by atoms with E-state index >= 15 is 0 Å². The van der Waals surface area contributed by atoms with Crippen molar-refractivity contribution in [2.24, 2.45) is 7.05 Å². The molecule has 9 heteroatoms. The first-order valence-corrected chi connectivity index (χ1v) is 13.7. The lowest BCUT2D eigenvalue weighted by Crippen LogP contribution is -2.35. The fourth-order valence-electron chi connectivity index (χ4n) is 5.89. The van der Waals surface area contributed by atoms with E-state index in [1.807, 2.05) is 55.6 Å². The molecule has 1 fully saturated rings. The predicted octanol–water partition coefficient (Wildman–Crippen LogP) is 5.74. The van der Waals surface area contributed by atoms with Crippen LogP contribution >= 0.6 is 0 Å². The summed E-state index contributed by atoms with van der Waals surface area (Å²) in [5.41, 5.74) is 7.63. The van der Waals surface area contributed by atoms with Gasteiger partial charge in [-0.3, -0.25) is 9.36 Å². The van der Waals surface area contributed by atoms with Gasteiger partial charge in [-0.25, -0.2) is 9.78 Å². The van der Waals surface area contributed by atoms with Crippen LogP contribution in [0.4, 0.5) is 4.79 Å². The molecule has 4 heterocycles. The Labute approximate surface area is 228 Å². The Morgan fingerprint density at radius 3 is 2.74 bits per heavy atom. The molecule has 0 spiro atoms. The van der Waals surface area contributed by atoms with E-state index in [9.17, 15) is 4.79 Å². The average Bonchev–Trinajstić information content (AvgIpc) is 3.69. The number of pyridine rings is 1. The van der Waals surface area contributed by atoms with E-state index in [1.165, 1.54) is 11.1 Å². The Balaban J connectivity index is 1.34. The summed E-state index contributed by atoms with van der Waals surface area (Å²) in [4.78, 5) is 19.5. The Morgan fingerprint density at radius 1 is 1.15 bits per heavy atom. The van der Waals surface area contributed by atoms with Gasteiger partial charge in [-0.05, 0) is 57.1 Å². The lowest BCUT2D eigenvalue weighted by atomic mass is 9.97. The molecule has 3 aromatic heterocycles. The number of hydrogen-bond acceptors (Lipinski definition) is 6. The summed E-state index contributed by atoms with van der Waals surface area (Å²) in [5.74, 6) is 1.30. The molecule has 1 aliphatic carbocycles. The molecule has 9 nitrogen and oxygen atoms in total. The topological polar surface area (TPSA) is 87.3 Å². The third-order valence-electron chi connectivity index (χ3n) is 7.90. The molecule has 4 aromatic rings. The maximum atomic E-state index is 12.5. The maximum absolute atomic E-state index is 12.5. The zero-order valence-electron chi connectivity index (χ0n) is 23.6. The van der Waals surface area contributed by atoms with Crippen LogP contribution < -0.4 is 4.74 Å². The Hall–Kier alpha value is -3.88. The van der Waals surface area contributed by atoms with Crippen LogP contribution in [0.15, 0.2) is 36.7 Å². The Morgan fingerprint density at radius 2 is 1.97 bits per heavy atom. The molecule has 6 rings (SSSR count). The van der Waals surface area contributed by atoms with E-state index in [-0.39, 0.29) is 12.1 Å². The molecule has 1 aromatic carbocycles. The second-order valence-electron chi connectivity index (χ2n) is 11.8. The summed E-state index contributed by atoms with van der Waals surface area (Å²) >= 11 is 0. The van der Waals surface area contributed by atoms with Crippen molar-refractivity contribution in [2.75, 3.05) is 20.2 Å². The quantitative estimate of drug-likeness (QED) is 0.336. The number of carbonyl (C=O) groups is 1. The van der Waals surface area contributed by atoms with Crippen LogP contribution in [-0.2, 0) is 18.2 Å². The van der Waals surface area contributed by atoms with Crippen molar-refractivity contribution < 1.29 is 14.3 Å². The van der Waals surface area contributed by atoms with Gasteiger partial charge >= 0.3 is 6.09 Å². The first-order valence-electron chi connectivity index (χ1n) is 13.7. The van der Waals surface area contributed by atoms with Crippen molar-refractivity contribution >= 4 is 17.1 Å². The van der Waals surface area contributed by atoms with Gasteiger partial charge in [-0.15, -0.1) is 0 Å². The normalized spacial score (nSPS) is 19.1. The number of fused-ring (bicyclic) bond motifs is 2. The van der Waals surface area contributed by atoms with Gasteiger partial charge in [0.2, 0.25) is 0 Å². The summed E-state index contributed by atoms with van der Waals surface area (Å²) in [5, 5.41) is 9.50. The highest BCUT2D eigenvalue weighted by molar-refractivity contribution is 5.93. The summed E-state index contributed by atoms with van der Waals surface area (Å²) < 4.78 is 15.2. The molecule has 39 heavy (non-hydrogen) atoms. The molecule has 0 saturated carbocycles. The number of ether oxygens (including phenoxy) is 2. The minimum atomic E-state index is -0.513. The standard InChI is InChI=1S/C30H36N6O3/c1-18-10-11-22-21(18)8-7-9-23(22)27-25(38-6)14-24-28(32-27)26(33-34(24)5)19-15-31-36(16-19)20-12-13-35(17-20)29(37)39-30(2,3)4/h7-9,14-16,18,20H,10-13,17H2,1-6H3/t18?,20-/m0/s1. The van der Waals surface area contributed by atoms with Crippen molar-refractivity contribution in [2.45, 2.75) is 64.5 Å². The lowest BCUT2D eigenvalue weighted by molar-refractivity contribution is 0.0288. The van der Waals surface area contributed by atoms with E-state index in [0.717, 1.165) is 58.6 Å². The van der Waals surface area contributed by atoms with Crippen LogP contribution in [0.2, 0.25) is 0 Å². The predicted molar refractivity (Wildman–Crippen MR) is 150 cm³/mol. The van der Waals surface area contributed by atoms with E-state index < -0.39 is 5.60 Å². The zero-order chi connectivity index (χ0) is 27.5. The average molecular weight is 529 g/mol. The zero-order valence-corrected chi connectivity index (χ0v) is 23.6. The van der Waals surface area contributed by atoms with E-state index in [2.05, 4.69) is 30.2 Å². The molecule has 1 unspecified atom stereocenters. The van der Waals surface area contributed by atoms with Crippen molar-refractivity contribution in [3.05, 3.63) is 47.8 Å². The van der Waals surface area contributed by atoms with E-state index in [4.69, 9.17) is 19.6 Å². The number of likely N-dealkylation sites (tertiary alicyclic amines) is 1. The van der Waals surface area contributed by atoms with Gasteiger partial charge in [0.1, 0.15) is 28.3 Å². The summed E-state index contributed by atoms with van der Waals surface area (Å²) in [7, 11) is 3.62. The van der Waals surface area contributed by atoms with E-state index in [1.54, 1.807) is 12.0 Å². The number of amides is 1. The highest BCUT2D eigenvalue weighted by atomic mass is 16.6. The summed E-state index contributed by atoms with van der Waals surface area (Å²) in [6.07, 6.45) is 6.59. The maximum Gasteiger partial charge on any atom is 0.410 e. The van der Waals surface area contributed by atoms with Crippen LogP contribution in [0.5, 0.6) is 5.75 Å². The fourth-order valence-corrected chi connectivity index (χ4v) is 5.89. The molecule has 204 valence electrons. The van der Waals surface area contributed by atoms with Crippen molar-refractivity contribution in [3.63, 3.8) is 0 Å². The second-order valence-corrected chi connectivity index (χ2v) is 11.8. The van der Waals surface area contributed by atoms with Gasteiger partial charge in [-0.2, -0.15) is 10.2 Å². The van der Waals surface area contributed by atoms with Crippen molar-refractivity contribution in [1.29, 1.82) is 0 Å². The van der Waals surface area contributed by atoms with Gasteiger partial charge in [0.25, 0.3) is 0 Å². The Kier molecular flexibility index (Phi) is 6.12. The van der Waals surface area contributed by atoms with Gasteiger partial charge in [0.15, 0.2) is 0 Å². The number of carbonyl (C=O) groups excluding carboxylic acids is 1. The first kappa shape index (κ1) is 25.4. The van der Waals surface area contributed by atoms with Crippen molar-refractivity contribution in [3.8, 4) is 28.3 Å². The monoisotopic (exact) mass is 528 g/mol. The Bertz CT molecular complexity index is 1560. The number of nitrogens with zero attached hydrogens (tertiary/aromatic N) is 6. The van der Waals surface area contributed by atoms with Crippen LogP contribution in [0.1, 0.15) is 63.6 Å². The molecular weight excluding hydrogens is 492 g/mol. The molecule has 0 bridgehead atoms. The highest BCUT2D eigenvalue weighted by Crippen LogP contribution is 2.42. The summed E-state index contributed by atoms with van der Waals surface area (Å²) in [6, 6.07) is 8.62. The highest BCUT2D eigenvalue weighted by Gasteiger charge is 2.31.